The molecular weight excluding hydrogens is 288 g/mol. The summed E-state index contributed by atoms with van der Waals surface area (Å²) in [4.78, 5) is 14.4. The molecule has 2 unspecified atom stereocenters. The molecule has 1 aromatic rings. The quantitative estimate of drug-likeness (QED) is 0.865. The number of anilines is 1. The van der Waals surface area contributed by atoms with Crippen LogP contribution in [0, 0.1) is 11.8 Å². The number of fused-ring (bicyclic) bond motifs is 1. The fourth-order valence-electron chi connectivity index (χ4n) is 3.25. The Morgan fingerprint density at radius 1 is 1.26 bits per heavy atom. The molecular formula is C19H30N2O2. The number of nitrogens with two attached hydrogens (primary N) is 1. The van der Waals surface area contributed by atoms with Gasteiger partial charge in [0.1, 0.15) is 5.75 Å². The van der Waals surface area contributed by atoms with Crippen LogP contribution in [0.4, 0.5) is 5.69 Å². The molecule has 1 aromatic carbocycles. The number of benzene rings is 1. The summed E-state index contributed by atoms with van der Waals surface area (Å²) in [5.41, 5.74) is 8.40. The molecule has 1 amide bonds. The van der Waals surface area contributed by atoms with E-state index in [4.69, 9.17) is 10.5 Å². The van der Waals surface area contributed by atoms with Crippen molar-refractivity contribution in [2.24, 2.45) is 17.6 Å². The Balaban J connectivity index is 2.39. The van der Waals surface area contributed by atoms with Gasteiger partial charge in [-0.1, -0.05) is 46.6 Å². The maximum absolute atomic E-state index is 12.5. The van der Waals surface area contributed by atoms with E-state index in [-0.39, 0.29) is 11.9 Å². The molecule has 0 saturated heterocycles. The third-order valence-electron chi connectivity index (χ3n) is 4.68. The maximum Gasteiger partial charge on any atom is 0.267 e. The first kappa shape index (κ1) is 17.8. The van der Waals surface area contributed by atoms with Gasteiger partial charge in [-0.15, -0.1) is 0 Å². The summed E-state index contributed by atoms with van der Waals surface area (Å²) in [5.74, 6) is 1.65. The molecule has 0 bridgehead atoms. The van der Waals surface area contributed by atoms with Crippen molar-refractivity contribution in [3.8, 4) is 5.75 Å². The first-order valence-electron chi connectivity index (χ1n) is 8.76. The Kier molecular flexibility index (Phi) is 5.69. The van der Waals surface area contributed by atoms with Crippen molar-refractivity contribution in [3.63, 3.8) is 0 Å². The highest BCUT2D eigenvalue weighted by Crippen LogP contribution is 2.38. The molecule has 1 aliphatic rings. The van der Waals surface area contributed by atoms with Crippen molar-refractivity contribution < 1.29 is 9.53 Å². The summed E-state index contributed by atoms with van der Waals surface area (Å²) in [6.07, 6.45) is 1.67. The minimum Gasteiger partial charge on any atom is -0.479 e. The van der Waals surface area contributed by atoms with Crippen LogP contribution in [0.3, 0.4) is 0 Å². The molecule has 0 saturated carbocycles. The summed E-state index contributed by atoms with van der Waals surface area (Å²) < 4.78 is 5.77. The maximum atomic E-state index is 12.5. The van der Waals surface area contributed by atoms with Gasteiger partial charge in [-0.05, 0) is 36.5 Å². The molecule has 128 valence electrons. The van der Waals surface area contributed by atoms with Crippen LogP contribution in [-0.4, -0.2) is 18.6 Å². The normalized spacial score (nSPS) is 19.0. The van der Waals surface area contributed by atoms with Gasteiger partial charge in [0.2, 0.25) is 0 Å². The zero-order chi connectivity index (χ0) is 17.1. The highest BCUT2D eigenvalue weighted by molar-refractivity contribution is 5.99. The first-order chi connectivity index (χ1) is 10.9. The molecule has 23 heavy (non-hydrogen) atoms. The zero-order valence-electron chi connectivity index (χ0n) is 15.0. The molecule has 0 aliphatic carbocycles. The average molecular weight is 318 g/mol. The SMILES string of the molecule is CCC(CC)C(N)c1ccc2c(c1)N(CC(C)C)C(=O)C(C)O2. The van der Waals surface area contributed by atoms with Gasteiger partial charge in [-0.3, -0.25) is 4.79 Å². The zero-order valence-corrected chi connectivity index (χ0v) is 15.0. The van der Waals surface area contributed by atoms with Crippen LogP contribution in [0.15, 0.2) is 18.2 Å². The first-order valence-corrected chi connectivity index (χ1v) is 8.76. The number of carbonyl (C=O) groups is 1. The van der Waals surface area contributed by atoms with Crippen LogP contribution in [0.5, 0.6) is 5.75 Å². The van der Waals surface area contributed by atoms with Gasteiger partial charge in [-0.25, -0.2) is 0 Å². The molecule has 0 spiro atoms. The molecule has 1 aliphatic heterocycles. The molecule has 0 fully saturated rings. The second-order valence-corrected chi connectivity index (χ2v) is 6.93. The molecule has 4 heteroatoms. The van der Waals surface area contributed by atoms with Crippen LogP contribution < -0.4 is 15.4 Å². The van der Waals surface area contributed by atoms with Gasteiger partial charge in [0.05, 0.1) is 5.69 Å². The summed E-state index contributed by atoms with van der Waals surface area (Å²) in [6.45, 7) is 11.1. The van der Waals surface area contributed by atoms with Crippen LogP contribution in [0.25, 0.3) is 0 Å². The summed E-state index contributed by atoms with van der Waals surface area (Å²) in [5, 5.41) is 0. The number of nitrogens with zero attached hydrogens (tertiary/aromatic N) is 1. The molecule has 2 N–H and O–H groups in total. The number of rotatable bonds is 6. The fraction of sp³-hybridized carbons (Fsp3) is 0.632. The van der Waals surface area contributed by atoms with E-state index in [2.05, 4.69) is 27.7 Å². The van der Waals surface area contributed by atoms with Crippen LogP contribution in [0.1, 0.15) is 59.1 Å². The number of ether oxygens (including phenoxy) is 1. The Labute approximate surface area is 140 Å². The van der Waals surface area contributed by atoms with E-state index in [0.29, 0.717) is 18.4 Å². The number of amides is 1. The Hall–Kier alpha value is -1.55. The number of carbonyl (C=O) groups excluding carboxylic acids is 1. The standard InChI is InChI=1S/C19H30N2O2/c1-6-14(7-2)18(20)15-8-9-17-16(10-15)21(11-12(3)4)19(22)13(5)23-17/h8-10,12-14,18H,6-7,11,20H2,1-5H3. The van der Waals surface area contributed by atoms with E-state index < -0.39 is 6.10 Å². The highest BCUT2D eigenvalue weighted by Gasteiger charge is 2.32. The lowest BCUT2D eigenvalue weighted by Gasteiger charge is -2.35. The Bertz CT molecular complexity index is 552. The van der Waals surface area contributed by atoms with Gasteiger partial charge in [0, 0.05) is 12.6 Å². The van der Waals surface area contributed by atoms with Crippen LogP contribution in [0.2, 0.25) is 0 Å². The Morgan fingerprint density at radius 2 is 1.91 bits per heavy atom. The lowest BCUT2D eigenvalue weighted by molar-refractivity contribution is -0.125. The van der Waals surface area contributed by atoms with Crippen LogP contribution in [-0.2, 0) is 4.79 Å². The number of hydrogen-bond donors (Lipinski definition) is 1. The molecule has 2 rings (SSSR count). The molecule has 0 aromatic heterocycles. The average Bonchev–Trinajstić information content (AvgIpc) is 2.52. The molecule has 1 heterocycles. The topological polar surface area (TPSA) is 55.6 Å². The second-order valence-electron chi connectivity index (χ2n) is 6.93. The smallest absolute Gasteiger partial charge is 0.267 e. The summed E-state index contributed by atoms with van der Waals surface area (Å²) >= 11 is 0. The van der Waals surface area contributed by atoms with E-state index >= 15 is 0 Å². The lowest BCUT2D eigenvalue weighted by Crippen LogP contribution is -2.46. The van der Waals surface area contributed by atoms with E-state index in [1.165, 1.54) is 0 Å². The third-order valence-corrected chi connectivity index (χ3v) is 4.68. The monoisotopic (exact) mass is 318 g/mol. The van der Waals surface area contributed by atoms with E-state index in [9.17, 15) is 4.79 Å². The van der Waals surface area contributed by atoms with Crippen molar-refractivity contribution >= 4 is 11.6 Å². The Morgan fingerprint density at radius 3 is 2.48 bits per heavy atom. The van der Waals surface area contributed by atoms with Gasteiger partial charge < -0.3 is 15.4 Å². The van der Waals surface area contributed by atoms with Gasteiger partial charge >= 0.3 is 0 Å². The van der Waals surface area contributed by atoms with Crippen molar-refractivity contribution in [1.82, 2.24) is 0 Å². The van der Waals surface area contributed by atoms with Crippen molar-refractivity contribution in [2.45, 2.75) is 59.6 Å². The highest BCUT2D eigenvalue weighted by atomic mass is 16.5. The van der Waals surface area contributed by atoms with Crippen molar-refractivity contribution in [3.05, 3.63) is 23.8 Å². The van der Waals surface area contributed by atoms with Crippen molar-refractivity contribution in [1.29, 1.82) is 0 Å². The van der Waals surface area contributed by atoms with Gasteiger partial charge in [-0.2, -0.15) is 0 Å². The lowest BCUT2D eigenvalue weighted by atomic mass is 9.89. The largest absolute Gasteiger partial charge is 0.479 e. The fourth-order valence-corrected chi connectivity index (χ4v) is 3.25. The minimum atomic E-state index is -0.431. The second kappa shape index (κ2) is 7.35. The molecule has 0 radical (unpaired) electrons. The van der Waals surface area contributed by atoms with E-state index in [0.717, 1.165) is 29.8 Å². The predicted molar refractivity (Wildman–Crippen MR) is 94.7 cm³/mol. The van der Waals surface area contributed by atoms with Crippen molar-refractivity contribution in [2.75, 3.05) is 11.4 Å². The van der Waals surface area contributed by atoms with Gasteiger partial charge in [0.15, 0.2) is 6.10 Å². The van der Waals surface area contributed by atoms with Crippen LogP contribution >= 0.6 is 0 Å². The van der Waals surface area contributed by atoms with E-state index in [1.54, 1.807) is 0 Å². The third kappa shape index (κ3) is 3.69. The molecule has 4 nitrogen and oxygen atoms in total. The minimum absolute atomic E-state index is 0.00866. The summed E-state index contributed by atoms with van der Waals surface area (Å²) in [6, 6.07) is 6.04. The number of hydrogen-bond acceptors (Lipinski definition) is 3. The predicted octanol–water partition coefficient (Wildman–Crippen LogP) is 3.89. The van der Waals surface area contributed by atoms with E-state index in [1.807, 2.05) is 30.0 Å². The summed E-state index contributed by atoms with van der Waals surface area (Å²) in [7, 11) is 0. The van der Waals surface area contributed by atoms with Gasteiger partial charge in [0.25, 0.3) is 5.91 Å². The molecule has 2 atom stereocenters.